The molecule has 0 aliphatic carbocycles. The molecule has 0 saturated carbocycles. The summed E-state index contributed by atoms with van der Waals surface area (Å²) >= 11 is 0. The van der Waals surface area contributed by atoms with Crippen molar-refractivity contribution < 1.29 is 29.7 Å². The molecule has 6 nitrogen and oxygen atoms in total. The Bertz CT molecular complexity index is 204. The Labute approximate surface area is 67.4 Å². The second-order valence-electron chi connectivity index (χ2n) is 2.27. The molecular formula is C6H8O6. The van der Waals surface area contributed by atoms with E-state index in [0.717, 1.165) is 6.92 Å². The van der Waals surface area contributed by atoms with Gasteiger partial charge in [-0.1, -0.05) is 0 Å². The van der Waals surface area contributed by atoms with Crippen LogP contribution in [-0.2, 0) is 14.4 Å². The average Bonchev–Trinajstić information content (AvgIpc) is 1.86. The van der Waals surface area contributed by atoms with E-state index in [1.54, 1.807) is 0 Å². The number of carbonyl (C=O) groups excluding carboxylic acids is 1. The van der Waals surface area contributed by atoms with Crippen molar-refractivity contribution >= 4 is 18.2 Å². The molecule has 12 heavy (non-hydrogen) atoms. The number of aldehydes is 1. The zero-order valence-corrected chi connectivity index (χ0v) is 6.22. The van der Waals surface area contributed by atoms with Crippen molar-refractivity contribution in [2.45, 2.75) is 13.0 Å². The van der Waals surface area contributed by atoms with Gasteiger partial charge in [-0.2, -0.15) is 0 Å². The van der Waals surface area contributed by atoms with Crippen molar-refractivity contribution in [1.29, 1.82) is 0 Å². The molecule has 0 aliphatic heterocycles. The maximum absolute atomic E-state index is 10.4. The van der Waals surface area contributed by atoms with Crippen LogP contribution in [0.3, 0.4) is 0 Å². The maximum Gasteiger partial charge on any atom is 0.331 e. The van der Waals surface area contributed by atoms with Crippen molar-refractivity contribution in [3.63, 3.8) is 0 Å². The number of aliphatic carboxylic acids is 2. The third-order valence-corrected chi connectivity index (χ3v) is 1.55. The zero-order valence-electron chi connectivity index (χ0n) is 6.22. The van der Waals surface area contributed by atoms with Gasteiger partial charge in [-0.3, -0.25) is 9.59 Å². The van der Waals surface area contributed by atoms with Gasteiger partial charge in [0.2, 0.25) is 5.41 Å². The highest BCUT2D eigenvalue weighted by molar-refractivity contribution is 6.12. The van der Waals surface area contributed by atoms with Crippen molar-refractivity contribution in [1.82, 2.24) is 0 Å². The molecule has 0 heterocycles. The number of rotatable bonds is 4. The summed E-state index contributed by atoms with van der Waals surface area (Å²) in [5.41, 5.74) is -2.75. The van der Waals surface area contributed by atoms with Gasteiger partial charge < -0.3 is 20.1 Å². The molecule has 0 aromatic heterocycles. The van der Waals surface area contributed by atoms with Gasteiger partial charge >= 0.3 is 11.9 Å². The first-order valence-electron chi connectivity index (χ1n) is 3.00. The first-order chi connectivity index (χ1) is 5.39. The molecule has 0 amide bonds. The smallest absolute Gasteiger partial charge is 0.331 e. The van der Waals surface area contributed by atoms with Gasteiger partial charge in [0.1, 0.15) is 0 Å². The molecule has 0 bridgehead atoms. The first kappa shape index (κ1) is 10.6. The van der Waals surface area contributed by atoms with Crippen molar-refractivity contribution in [2.75, 3.05) is 0 Å². The molecule has 0 spiro atoms. The van der Waals surface area contributed by atoms with Crippen LogP contribution in [0.1, 0.15) is 6.92 Å². The quantitative estimate of drug-likeness (QED) is 0.363. The van der Waals surface area contributed by atoms with Gasteiger partial charge in [0, 0.05) is 0 Å². The van der Waals surface area contributed by atoms with Crippen molar-refractivity contribution in [3.05, 3.63) is 0 Å². The third kappa shape index (κ3) is 1.28. The molecule has 1 unspecified atom stereocenters. The molecular weight excluding hydrogens is 168 g/mol. The number of hydrogen-bond donors (Lipinski definition) is 3. The zero-order chi connectivity index (χ0) is 9.94. The lowest BCUT2D eigenvalue weighted by molar-refractivity contribution is -0.172. The standard InChI is InChI=1S/C6H8O6/c1-3(8)6(2-7,4(9)10)5(11)12/h2-3,8H,1H3,(H,9,10)(H,11,12). The lowest BCUT2D eigenvalue weighted by Crippen LogP contribution is -2.49. The van der Waals surface area contributed by atoms with E-state index in [9.17, 15) is 14.4 Å². The number of carboxylic acid groups (broad SMARTS) is 2. The Kier molecular flexibility index (Phi) is 2.92. The van der Waals surface area contributed by atoms with Crippen molar-refractivity contribution in [3.8, 4) is 0 Å². The molecule has 0 rings (SSSR count). The van der Waals surface area contributed by atoms with Crippen LogP contribution < -0.4 is 0 Å². The fraction of sp³-hybridized carbons (Fsp3) is 0.500. The molecule has 3 N–H and O–H groups in total. The van der Waals surface area contributed by atoms with E-state index in [2.05, 4.69) is 0 Å². The van der Waals surface area contributed by atoms with Crippen LogP contribution in [0.2, 0.25) is 0 Å². The van der Waals surface area contributed by atoms with Gasteiger partial charge in [0.25, 0.3) is 0 Å². The van der Waals surface area contributed by atoms with Gasteiger partial charge in [0.05, 0.1) is 6.10 Å². The Morgan fingerprint density at radius 2 is 1.67 bits per heavy atom. The Hall–Kier alpha value is -1.43. The summed E-state index contributed by atoms with van der Waals surface area (Å²) in [6.07, 6.45) is -2.06. The van der Waals surface area contributed by atoms with E-state index in [1.165, 1.54) is 0 Å². The summed E-state index contributed by atoms with van der Waals surface area (Å²) in [7, 11) is 0. The molecule has 6 heteroatoms. The molecule has 68 valence electrons. The van der Waals surface area contributed by atoms with E-state index in [1.807, 2.05) is 0 Å². The van der Waals surface area contributed by atoms with Crippen LogP contribution in [0.5, 0.6) is 0 Å². The molecule has 0 aliphatic rings. The molecule has 0 aromatic rings. The fourth-order valence-electron chi connectivity index (χ4n) is 0.648. The summed E-state index contributed by atoms with van der Waals surface area (Å²) in [6, 6.07) is 0. The van der Waals surface area contributed by atoms with Gasteiger partial charge in [0.15, 0.2) is 6.29 Å². The number of carbonyl (C=O) groups is 3. The van der Waals surface area contributed by atoms with E-state index in [4.69, 9.17) is 15.3 Å². The monoisotopic (exact) mass is 176 g/mol. The van der Waals surface area contributed by atoms with E-state index in [-0.39, 0.29) is 6.29 Å². The highest BCUT2D eigenvalue weighted by Gasteiger charge is 2.51. The number of aliphatic hydroxyl groups excluding tert-OH is 1. The Morgan fingerprint density at radius 1 is 1.33 bits per heavy atom. The topological polar surface area (TPSA) is 112 Å². The van der Waals surface area contributed by atoms with E-state index in [0.29, 0.717) is 0 Å². The molecule has 0 aromatic carbocycles. The van der Waals surface area contributed by atoms with Crippen LogP contribution in [-0.4, -0.2) is 39.6 Å². The van der Waals surface area contributed by atoms with Gasteiger partial charge in [-0.05, 0) is 6.92 Å². The molecule has 0 radical (unpaired) electrons. The minimum absolute atomic E-state index is 0.289. The normalized spacial score (nSPS) is 13.5. The molecule has 0 fully saturated rings. The van der Waals surface area contributed by atoms with Crippen LogP contribution in [0, 0.1) is 5.41 Å². The van der Waals surface area contributed by atoms with Crippen LogP contribution in [0.25, 0.3) is 0 Å². The van der Waals surface area contributed by atoms with E-state index < -0.39 is 23.5 Å². The maximum atomic E-state index is 10.4. The third-order valence-electron chi connectivity index (χ3n) is 1.55. The lowest BCUT2D eigenvalue weighted by Gasteiger charge is -2.20. The van der Waals surface area contributed by atoms with E-state index >= 15 is 0 Å². The lowest BCUT2D eigenvalue weighted by atomic mass is 9.85. The summed E-state index contributed by atoms with van der Waals surface area (Å²) < 4.78 is 0. The average molecular weight is 176 g/mol. The van der Waals surface area contributed by atoms with Crippen molar-refractivity contribution in [2.24, 2.45) is 5.41 Å². The number of hydrogen-bond acceptors (Lipinski definition) is 4. The SMILES string of the molecule is CC(O)C(C=O)(C(=O)O)C(=O)O. The summed E-state index contributed by atoms with van der Waals surface area (Å²) in [4.78, 5) is 31.0. The second kappa shape index (κ2) is 3.31. The highest BCUT2D eigenvalue weighted by atomic mass is 16.4. The van der Waals surface area contributed by atoms with Gasteiger partial charge in [-0.25, -0.2) is 0 Å². The molecule has 0 saturated heterocycles. The predicted molar refractivity (Wildman–Crippen MR) is 35.4 cm³/mol. The number of aliphatic hydroxyl groups is 1. The van der Waals surface area contributed by atoms with Crippen LogP contribution in [0.4, 0.5) is 0 Å². The largest absolute Gasteiger partial charge is 0.480 e. The Morgan fingerprint density at radius 3 is 1.67 bits per heavy atom. The fourth-order valence-corrected chi connectivity index (χ4v) is 0.648. The van der Waals surface area contributed by atoms with Gasteiger partial charge in [-0.15, -0.1) is 0 Å². The first-order valence-corrected chi connectivity index (χ1v) is 3.00. The highest BCUT2D eigenvalue weighted by Crippen LogP contribution is 2.19. The van der Waals surface area contributed by atoms with Crippen LogP contribution in [0.15, 0.2) is 0 Å². The molecule has 1 atom stereocenters. The minimum atomic E-state index is -2.75. The number of carboxylic acids is 2. The summed E-state index contributed by atoms with van der Waals surface area (Å²) in [6.45, 7) is 0.927. The van der Waals surface area contributed by atoms with Crippen LogP contribution >= 0.6 is 0 Å². The Balaban J connectivity index is 5.18. The summed E-state index contributed by atoms with van der Waals surface area (Å²) in [5.74, 6) is -3.75. The second-order valence-corrected chi connectivity index (χ2v) is 2.27. The summed E-state index contributed by atoms with van der Waals surface area (Å²) in [5, 5.41) is 25.6. The predicted octanol–water partition coefficient (Wildman–Crippen LogP) is -1.28. The minimum Gasteiger partial charge on any atom is -0.480 e.